The second kappa shape index (κ2) is 5.79. The summed E-state index contributed by atoms with van der Waals surface area (Å²) in [4.78, 5) is 14.4. The minimum Gasteiger partial charge on any atom is -0.342 e. The molecule has 1 atom stereocenters. The highest BCUT2D eigenvalue weighted by Gasteiger charge is 2.32. The van der Waals surface area contributed by atoms with Crippen molar-refractivity contribution in [3.05, 3.63) is 0 Å². The number of carbonyl (C=O) groups is 1. The highest BCUT2D eigenvalue weighted by atomic mass is 32.2. The molecule has 2 saturated heterocycles. The standard InChI is InChI=1S/C13H24N2O3S/c1-11-4-3-7-14(10-11)13(16)12-5-8-15(9-6-12)19(2,17)18/h11-12H,3-10H2,1-2H3/t11-/m1/s1. The van der Waals surface area contributed by atoms with Gasteiger partial charge < -0.3 is 4.90 Å². The Kier molecular flexibility index (Phi) is 4.50. The molecule has 2 aliphatic heterocycles. The number of nitrogens with zero attached hydrogens (tertiary/aromatic N) is 2. The van der Waals surface area contributed by atoms with E-state index in [1.165, 1.54) is 17.0 Å². The lowest BCUT2D eigenvalue weighted by molar-refractivity contribution is -0.138. The number of likely N-dealkylation sites (tertiary alicyclic amines) is 1. The van der Waals surface area contributed by atoms with Gasteiger partial charge in [0.25, 0.3) is 0 Å². The van der Waals surface area contributed by atoms with Gasteiger partial charge in [-0.2, -0.15) is 0 Å². The van der Waals surface area contributed by atoms with Crippen molar-refractivity contribution >= 4 is 15.9 Å². The summed E-state index contributed by atoms with van der Waals surface area (Å²) in [7, 11) is -3.10. The van der Waals surface area contributed by atoms with Crippen molar-refractivity contribution in [3.63, 3.8) is 0 Å². The van der Waals surface area contributed by atoms with Crippen LogP contribution in [-0.4, -0.2) is 56.0 Å². The zero-order valence-electron chi connectivity index (χ0n) is 11.8. The average molecular weight is 288 g/mol. The maximum absolute atomic E-state index is 12.4. The van der Waals surface area contributed by atoms with E-state index >= 15 is 0 Å². The van der Waals surface area contributed by atoms with Gasteiger partial charge in [-0.3, -0.25) is 4.79 Å². The van der Waals surface area contributed by atoms with E-state index in [2.05, 4.69) is 6.92 Å². The second-order valence-corrected chi connectivity index (χ2v) is 7.95. The van der Waals surface area contributed by atoms with E-state index in [-0.39, 0.29) is 11.8 Å². The maximum Gasteiger partial charge on any atom is 0.225 e. The molecule has 0 unspecified atom stereocenters. The van der Waals surface area contributed by atoms with Gasteiger partial charge in [0, 0.05) is 32.1 Å². The summed E-state index contributed by atoms with van der Waals surface area (Å²) in [5.41, 5.74) is 0. The molecule has 5 nitrogen and oxygen atoms in total. The summed E-state index contributed by atoms with van der Waals surface area (Å²) >= 11 is 0. The van der Waals surface area contributed by atoms with Gasteiger partial charge in [0.05, 0.1) is 6.26 Å². The molecule has 0 radical (unpaired) electrons. The first kappa shape index (κ1) is 14.8. The minimum atomic E-state index is -3.10. The van der Waals surface area contributed by atoms with Crippen molar-refractivity contribution in [1.82, 2.24) is 9.21 Å². The monoisotopic (exact) mass is 288 g/mol. The Morgan fingerprint density at radius 2 is 1.74 bits per heavy atom. The molecule has 110 valence electrons. The summed E-state index contributed by atoms with van der Waals surface area (Å²) in [6.45, 7) is 4.89. The molecule has 0 aromatic rings. The van der Waals surface area contributed by atoms with Crippen LogP contribution in [0.15, 0.2) is 0 Å². The summed E-state index contributed by atoms with van der Waals surface area (Å²) in [6.07, 6.45) is 4.86. The van der Waals surface area contributed by atoms with Crippen LogP contribution in [0.1, 0.15) is 32.6 Å². The summed E-state index contributed by atoms with van der Waals surface area (Å²) in [6, 6.07) is 0. The van der Waals surface area contributed by atoms with E-state index in [1.54, 1.807) is 0 Å². The van der Waals surface area contributed by atoms with E-state index in [4.69, 9.17) is 0 Å². The maximum atomic E-state index is 12.4. The van der Waals surface area contributed by atoms with Crippen molar-refractivity contribution in [2.75, 3.05) is 32.4 Å². The van der Waals surface area contributed by atoms with E-state index < -0.39 is 10.0 Å². The van der Waals surface area contributed by atoms with Crippen LogP contribution in [0.25, 0.3) is 0 Å². The first-order chi connectivity index (χ1) is 8.88. The van der Waals surface area contributed by atoms with Crippen molar-refractivity contribution in [1.29, 1.82) is 0 Å². The largest absolute Gasteiger partial charge is 0.342 e. The first-order valence-electron chi connectivity index (χ1n) is 7.12. The molecule has 19 heavy (non-hydrogen) atoms. The van der Waals surface area contributed by atoms with Crippen molar-refractivity contribution < 1.29 is 13.2 Å². The van der Waals surface area contributed by atoms with E-state index in [0.717, 1.165) is 19.5 Å². The second-order valence-electron chi connectivity index (χ2n) is 5.97. The number of sulfonamides is 1. The third-order valence-electron chi connectivity index (χ3n) is 4.24. The molecule has 2 aliphatic rings. The zero-order valence-corrected chi connectivity index (χ0v) is 12.7. The van der Waals surface area contributed by atoms with Crippen LogP contribution < -0.4 is 0 Å². The lowest BCUT2D eigenvalue weighted by Crippen LogP contribution is -2.46. The van der Waals surface area contributed by atoms with Crippen LogP contribution >= 0.6 is 0 Å². The fraction of sp³-hybridized carbons (Fsp3) is 0.923. The Balaban J connectivity index is 1.89. The molecule has 0 bridgehead atoms. The van der Waals surface area contributed by atoms with Crippen molar-refractivity contribution in [2.45, 2.75) is 32.6 Å². The van der Waals surface area contributed by atoms with Crippen molar-refractivity contribution in [3.8, 4) is 0 Å². The third kappa shape index (κ3) is 3.69. The lowest BCUT2D eigenvalue weighted by atomic mass is 9.93. The number of hydrogen-bond donors (Lipinski definition) is 0. The summed E-state index contributed by atoms with van der Waals surface area (Å²) in [5.74, 6) is 0.844. The number of hydrogen-bond acceptors (Lipinski definition) is 3. The smallest absolute Gasteiger partial charge is 0.225 e. The van der Waals surface area contributed by atoms with Gasteiger partial charge in [0.2, 0.25) is 15.9 Å². The first-order valence-corrected chi connectivity index (χ1v) is 8.96. The Morgan fingerprint density at radius 3 is 2.26 bits per heavy atom. The number of amides is 1. The molecule has 0 spiro atoms. The molecule has 2 heterocycles. The number of piperidine rings is 2. The predicted molar refractivity (Wildman–Crippen MR) is 74.1 cm³/mol. The SMILES string of the molecule is C[C@@H]1CCCN(C(=O)C2CCN(S(C)(=O)=O)CC2)C1. The Morgan fingerprint density at radius 1 is 1.11 bits per heavy atom. The van der Waals surface area contributed by atoms with Crippen LogP contribution in [0.5, 0.6) is 0 Å². The summed E-state index contributed by atoms with van der Waals surface area (Å²) < 4.78 is 24.4. The van der Waals surface area contributed by atoms with E-state index in [9.17, 15) is 13.2 Å². The van der Waals surface area contributed by atoms with Gasteiger partial charge >= 0.3 is 0 Å². The topological polar surface area (TPSA) is 57.7 Å². The van der Waals surface area contributed by atoms with Gasteiger partial charge in [-0.25, -0.2) is 12.7 Å². The van der Waals surface area contributed by atoms with Crippen LogP contribution in [0.2, 0.25) is 0 Å². The van der Waals surface area contributed by atoms with E-state index in [1.807, 2.05) is 4.90 Å². The van der Waals surface area contributed by atoms with Crippen LogP contribution in [0.4, 0.5) is 0 Å². The highest BCUT2D eigenvalue weighted by molar-refractivity contribution is 7.88. The van der Waals surface area contributed by atoms with Gasteiger partial charge in [-0.1, -0.05) is 6.92 Å². The molecule has 0 N–H and O–H groups in total. The van der Waals surface area contributed by atoms with Crippen LogP contribution in [-0.2, 0) is 14.8 Å². The molecular weight excluding hydrogens is 264 g/mol. The molecule has 0 aromatic carbocycles. The zero-order chi connectivity index (χ0) is 14.0. The minimum absolute atomic E-state index is 0.0169. The Labute approximate surface area is 116 Å². The third-order valence-corrected chi connectivity index (χ3v) is 5.54. The molecule has 1 amide bonds. The molecule has 6 heteroatoms. The summed E-state index contributed by atoms with van der Waals surface area (Å²) in [5, 5.41) is 0. The fourth-order valence-electron chi connectivity index (χ4n) is 3.08. The molecule has 0 aliphatic carbocycles. The molecule has 0 saturated carbocycles. The quantitative estimate of drug-likeness (QED) is 0.759. The van der Waals surface area contributed by atoms with Crippen molar-refractivity contribution in [2.24, 2.45) is 11.8 Å². The fourth-order valence-corrected chi connectivity index (χ4v) is 3.96. The van der Waals surface area contributed by atoms with Gasteiger partial charge in [-0.05, 0) is 31.6 Å². The Bertz CT molecular complexity index is 427. The lowest BCUT2D eigenvalue weighted by Gasteiger charge is -2.36. The molecule has 0 aromatic heterocycles. The number of rotatable bonds is 2. The number of carbonyl (C=O) groups excluding carboxylic acids is 1. The van der Waals surface area contributed by atoms with Crippen LogP contribution in [0, 0.1) is 11.8 Å². The normalized spacial score (nSPS) is 27.5. The van der Waals surface area contributed by atoms with Gasteiger partial charge in [-0.15, -0.1) is 0 Å². The predicted octanol–water partition coefficient (Wildman–Crippen LogP) is 0.917. The highest BCUT2D eigenvalue weighted by Crippen LogP contribution is 2.24. The molecule has 2 rings (SSSR count). The Hall–Kier alpha value is -0.620. The van der Waals surface area contributed by atoms with Gasteiger partial charge in [0.1, 0.15) is 0 Å². The average Bonchev–Trinajstić information content (AvgIpc) is 2.37. The molecular formula is C13H24N2O3S. The van der Waals surface area contributed by atoms with Gasteiger partial charge in [0.15, 0.2) is 0 Å². The molecule has 2 fully saturated rings. The van der Waals surface area contributed by atoms with E-state index in [0.29, 0.717) is 31.8 Å². The van der Waals surface area contributed by atoms with Crippen LogP contribution in [0.3, 0.4) is 0 Å².